The van der Waals surface area contributed by atoms with E-state index in [1.165, 1.54) is 48.0 Å². The Morgan fingerprint density at radius 3 is 2.03 bits per heavy atom. The van der Waals surface area contributed by atoms with Crippen molar-refractivity contribution in [3.8, 4) is 11.5 Å². The predicted molar refractivity (Wildman–Crippen MR) is 145 cm³/mol. The van der Waals surface area contributed by atoms with Gasteiger partial charge < -0.3 is 9.84 Å². The second-order valence-electron chi connectivity index (χ2n) is 11.8. The Morgan fingerprint density at radius 1 is 0.800 bits per heavy atom. The average molecular weight is 467 g/mol. The topological polar surface area (TPSA) is 29.5 Å². The molecule has 3 aromatic rings. The molecule has 3 unspecified atom stereocenters. The van der Waals surface area contributed by atoms with Gasteiger partial charge in [0.15, 0.2) is 0 Å². The highest BCUT2D eigenvalue weighted by atomic mass is 16.5. The number of hydrogen-bond donors (Lipinski definition) is 1. The smallest absolute Gasteiger partial charge is 0.119 e. The van der Waals surface area contributed by atoms with Crippen LogP contribution in [0.5, 0.6) is 11.5 Å². The van der Waals surface area contributed by atoms with Gasteiger partial charge in [-0.1, -0.05) is 81.8 Å². The number of benzene rings is 3. The van der Waals surface area contributed by atoms with Crippen molar-refractivity contribution >= 4 is 11.1 Å². The number of fused-ring (bicyclic) bond motifs is 2. The summed E-state index contributed by atoms with van der Waals surface area (Å²) in [6.07, 6.45) is 6.70. The van der Waals surface area contributed by atoms with E-state index in [1.807, 2.05) is 0 Å². The van der Waals surface area contributed by atoms with Gasteiger partial charge in [-0.2, -0.15) is 0 Å². The molecule has 0 saturated heterocycles. The van der Waals surface area contributed by atoms with Gasteiger partial charge in [-0.05, 0) is 101 Å². The van der Waals surface area contributed by atoms with Gasteiger partial charge in [-0.15, -0.1) is 0 Å². The lowest BCUT2D eigenvalue weighted by atomic mass is 9.79. The molecule has 2 heteroatoms. The summed E-state index contributed by atoms with van der Waals surface area (Å²) in [5.74, 6) is 3.76. The van der Waals surface area contributed by atoms with Crippen molar-refractivity contribution in [3.05, 3.63) is 95.6 Å². The first kappa shape index (κ1) is 23.7. The molecule has 0 radical (unpaired) electrons. The number of phenols is 1. The van der Waals surface area contributed by atoms with Crippen LogP contribution in [0.25, 0.3) is 11.1 Å². The van der Waals surface area contributed by atoms with Crippen molar-refractivity contribution in [2.45, 2.75) is 52.9 Å². The Morgan fingerprint density at radius 2 is 1.46 bits per heavy atom. The van der Waals surface area contributed by atoms with Gasteiger partial charge in [0.05, 0.1) is 6.61 Å². The van der Waals surface area contributed by atoms with Gasteiger partial charge in [0.2, 0.25) is 0 Å². The summed E-state index contributed by atoms with van der Waals surface area (Å²) < 4.78 is 6.06. The van der Waals surface area contributed by atoms with Crippen LogP contribution >= 0.6 is 0 Å². The Kier molecular flexibility index (Phi) is 6.73. The first-order chi connectivity index (χ1) is 16.9. The molecule has 0 heterocycles. The standard InChI is InChI=1S/C33H38O2/c1-33(2,3)22-35-30-17-13-26(14-18-30)32(25-11-15-29(34)16-12-25)31(24-7-5-4-6-8-24)21-28-20-23-9-10-27(28)19-23/h4-8,11-18,23,27-28,34H,9-10,19-22H2,1-3H3/b32-31-. The fraction of sp³-hybridized carbons (Fsp3) is 0.394. The van der Waals surface area contributed by atoms with E-state index in [0.29, 0.717) is 12.4 Å². The molecule has 0 spiro atoms. The summed E-state index contributed by atoms with van der Waals surface area (Å²) in [6.45, 7) is 7.26. The van der Waals surface area contributed by atoms with Crippen LogP contribution < -0.4 is 4.74 Å². The number of hydrogen-bond acceptors (Lipinski definition) is 2. The fourth-order valence-corrected chi connectivity index (χ4v) is 6.05. The van der Waals surface area contributed by atoms with E-state index in [9.17, 15) is 5.11 Å². The second kappa shape index (κ2) is 9.93. The summed E-state index contributed by atoms with van der Waals surface area (Å²) >= 11 is 0. The quantitative estimate of drug-likeness (QED) is 0.353. The third-order valence-corrected chi connectivity index (χ3v) is 7.75. The maximum atomic E-state index is 9.99. The zero-order valence-corrected chi connectivity index (χ0v) is 21.3. The van der Waals surface area contributed by atoms with Crippen LogP contribution in [0.4, 0.5) is 0 Å². The van der Waals surface area contributed by atoms with Crippen LogP contribution in [0.3, 0.4) is 0 Å². The molecule has 182 valence electrons. The minimum Gasteiger partial charge on any atom is -0.508 e. The molecule has 3 aromatic carbocycles. The summed E-state index contributed by atoms with van der Waals surface area (Å²) in [5, 5.41) is 9.99. The van der Waals surface area contributed by atoms with E-state index in [1.54, 1.807) is 12.1 Å². The molecule has 2 bridgehead atoms. The average Bonchev–Trinajstić information content (AvgIpc) is 3.48. The van der Waals surface area contributed by atoms with Gasteiger partial charge in [-0.25, -0.2) is 0 Å². The SMILES string of the molecule is CC(C)(C)COc1ccc(/C(=C(/CC2CC3CCC2C3)c2ccccc2)c2ccc(O)cc2)cc1. The van der Waals surface area contributed by atoms with E-state index in [-0.39, 0.29) is 5.41 Å². The van der Waals surface area contributed by atoms with E-state index < -0.39 is 0 Å². The Bertz CT molecular complexity index is 1150. The first-order valence-electron chi connectivity index (χ1n) is 13.2. The minimum absolute atomic E-state index is 0.122. The summed E-state index contributed by atoms with van der Waals surface area (Å²) in [4.78, 5) is 0. The number of rotatable bonds is 7. The van der Waals surface area contributed by atoms with Crippen molar-refractivity contribution in [3.63, 3.8) is 0 Å². The van der Waals surface area contributed by atoms with Crippen molar-refractivity contribution in [1.29, 1.82) is 0 Å². The van der Waals surface area contributed by atoms with E-state index in [4.69, 9.17) is 4.74 Å². The van der Waals surface area contributed by atoms with E-state index in [0.717, 1.165) is 35.5 Å². The molecule has 35 heavy (non-hydrogen) atoms. The zero-order valence-electron chi connectivity index (χ0n) is 21.3. The highest BCUT2D eigenvalue weighted by Crippen LogP contribution is 2.52. The van der Waals surface area contributed by atoms with Crippen molar-refractivity contribution < 1.29 is 9.84 Å². The fourth-order valence-electron chi connectivity index (χ4n) is 6.05. The summed E-state index contributed by atoms with van der Waals surface area (Å²) in [6, 6.07) is 27.2. The number of allylic oxidation sites excluding steroid dienone is 1. The zero-order chi connectivity index (χ0) is 24.4. The Balaban J connectivity index is 1.58. The molecule has 0 amide bonds. The molecule has 1 N–H and O–H groups in total. The Labute approximate surface area is 210 Å². The lowest BCUT2D eigenvalue weighted by molar-refractivity contribution is 0.198. The van der Waals surface area contributed by atoms with E-state index >= 15 is 0 Å². The summed E-state index contributed by atoms with van der Waals surface area (Å²) in [7, 11) is 0. The number of ether oxygens (including phenoxy) is 1. The van der Waals surface area contributed by atoms with Gasteiger partial charge in [0.25, 0.3) is 0 Å². The third kappa shape index (κ3) is 5.64. The summed E-state index contributed by atoms with van der Waals surface area (Å²) in [5.41, 5.74) is 6.44. The van der Waals surface area contributed by atoms with Crippen LogP contribution in [-0.2, 0) is 0 Å². The largest absolute Gasteiger partial charge is 0.508 e. The molecule has 2 aliphatic rings. The highest BCUT2D eigenvalue weighted by molar-refractivity contribution is 5.98. The van der Waals surface area contributed by atoms with Crippen molar-refractivity contribution in [1.82, 2.24) is 0 Å². The number of aromatic hydroxyl groups is 1. The third-order valence-electron chi connectivity index (χ3n) is 7.75. The van der Waals surface area contributed by atoms with Crippen molar-refractivity contribution in [2.75, 3.05) is 6.61 Å². The molecule has 0 aliphatic heterocycles. The molecule has 2 fully saturated rings. The van der Waals surface area contributed by atoms with Crippen LogP contribution in [0.1, 0.15) is 69.6 Å². The Hall–Kier alpha value is -3.00. The van der Waals surface area contributed by atoms with Gasteiger partial charge in [0, 0.05) is 0 Å². The molecule has 2 nitrogen and oxygen atoms in total. The second-order valence-corrected chi connectivity index (χ2v) is 11.8. The highest BCUT2D eigenvalue weighted by Gasteiger charge is 2.39. The molecule has 0 aromatic heterocycles. The molecule has 2 saturated carbocycles. The molecule has 2 aliphatic carbocycles. The number of phenolic OH excluding ortho intramolecular Hbond substituents is 1. The van der Waals surface area contributed by atoms with Crippen LogP contribution in [0.2, 0.25) is 0 Å². The lowest BCUT2D eigenvalue weighted by Crippen LogP contribution is -2.16. The maximum absolute atomic E-state index is 9.99. The lowest BCUT2D eigenvalue weighted by Gasteiger charge is -2.26. The van der Waals surface area contributed by atoms with Gasteiger partial charge in [0.1, 0.15) is 11.5 Å². The van der Waals surface area contributed by atoms with Gasteiger partial charge in [-0.3, -0.25) is 0 Å². The molecule has 5 rings (SSSR count). The van der Waals surface area contributed by atoms with Gasteiger partial charge >= 0.3 is 0 Å². The molecular formula is C33H38O2. The maximum Gasteiger partial charge on any atom is 0.119 e. The normalized spacial score (nSPS) is 22.2. The monoisotopic (exact) mass is 466 g/mol. The molecule has 3 atom stereocenters. The predicted octanol–water partition coefficient (Wildman–Crippen LogP) is 8.60. The van der Waals surface area contributed by atoms with Crippen LogP contribution in [-0.4, -0.2) is 11.7 Å². The van der Waals surface area contributed by atoms with E-state index in [2.05, 4.69) is 87.5 Å². The van der Waals surface area contributed by atoms with Crippen LogP contribution in [0.15, 0.2) is 78.9 Å². The molecular weight excluding hydrogens is 428 g/mol. The van der Waals surface area contributed by atoms with Crippen molar-refractivity contribution in [2.24, 2.45) is 23.2 Å². The first-order valence-corrected chi connectivity index (χ1v) is 13.2. The van der Waals surface area contributed by atoms with Crippen LogP contribution in [0, 0.1) is 23.2 Å². The minimum atomic E-state index is 0.122.